The summed E-state index contributed by atoms with van der Waals surface area (Å²) in [5.74, 6) is -0.744. The minimum absolute atomic E-state index is 0.120. The van der Waals surface area contributed by atoms with Gasteiger partial charge in [0.1, 0.15) is 17.7 Å². The fourth-order valence-electron chi connectivity index (χ4n) is 2.77. The van der Waals surface area contributed by atoms with Crippen LogP contribution in [-0.4, -0.2) is 42.4 Å². The first kappa shape index (κ1) is 23.6. The zero-order valence-electron chi connectivity index (χ0n) is 17.9. The van der Waals surface area contributed by atoms with Crippen molar-refractivity contribution in [2.75, 3.05) is 20.3 Å². The van der Waals surface area contributed by atoms with E-state index in [4.69, 9.17) is 9.57 Å². The van der Waals surface area contributed by atoms with E-state index in [-0.39, 0.29) is 24.0 Å². The molecular weight excluding hydrogens is 425 g/mol. The van der Waals surface area contributed by atoms with E-state index in [1.54, 1.807) is 49.5 Å². The highest BCUT2D eigenvalue weighted by Gasteiger charge is 2.36. The number of carbonyl (C=O) groups is 1. The summed E-state index contributed by atoms with van der Waals surface area (Å²) in [6.07, 6.45) is -1.37. The zero-order chi connectivity index (χ0) is 23.1. The number of ether oxygens (including phenoxy) is 2. The van der Waals surface area contributed by atoms with Gasteiger partial charge in [-0.2, -0.15) is 13.2 Å². The normalized spacial score (nSPS) is 14.2. The average Bonchev–Trinajstić information content (AvgIpc) is 3.59. The molecule has 1 fully saturated rings. The molecule has 0 unspecified atom stereocenters. The summed E-state index contributed by atoms with van der Waals surface area (Å²) in [4.78, 5) is 22.4. The van der Waals surface area contributed by atoms with E-state index in [0.29, 0.717) is 30.9 Å². The Morgan fingerprint density at radius 3 is 2.53 bits per heavy atom. The van der Waals surface area contributed by atoms with Crippen molar-refractivity contribution in [1.29, 1.82) is 0 Å². The summed E-state index contributed by atoms with van der Waals surface area (Å²) in [5, 5.41) is 1.21. The third-order valence-corrected chi connectivity index (χ3v) is 4.70. The van der Waals surface area contributed by atoms with E-state index in [0.717, 1.165) is 18.4 Å². The number of pyridine rings is 1. The Morgan fingerprint density at radius 1 is 1.19 bits per heavy atom. The third kappa shape index (κ3) is 6.98. The first-order valence-electron chi connectivity index (χ1n) is 10.3. The van der Waals surface area contributed by atoms with Crippen molar-refractivity contribution >= 4 is 5.91 Å². The molecule has 9 heteroatoms. The van der Waals surface area contributed by atoms with Crippen LogP contribution < -0.4 is 4.74 Å². The topological polar surface area (TPSA) is 60.9 Å². The van der Waals surface area contributed by atoms with Crippen LogP contribution in [0.15, 0.2) is 54.5 Å². The summed E-state index contributed by atoms with van der Waals surface area (Å²) in [6, 6.07) is 11.7. The maximum absolute atomic E-state index is 12.8. The van der Waals surface area contributed by atoms with Crippen molar-refractivity contribution in [3.05, 3.63) is 71.4 Å². The van der Waals surface area contributed by atoms with E-state index in [1.165, 1.54) is 12.0 Å². The Kier molecular flexibility index (Phi) is 7.74. The van der Waals surface area contributed by atoms with Crippen LogP contribution in [0.2, 0.25) is 0 Å². The predicted molar refractivity (Wildman–Crippen MR) is 111 cm³/mol. The van der Waals surface area contributed by atoms with Gasteiger partial charge < -0.3 is 9.47 Å². The Morgan fingerprint density at radius 2 is 1.91 bits per heavy atom. The molecule has 0 atom stereocenters. The van der Waals surface area contributed by atoms with E-state index < -0.39 is 11.9 Å². The van der Waals surface area contributed by atoms with Crippen molar-refractivity contribution in [2.24, 2.45) is 5.92 Å². The van der Waals surface area contributed by atoms with Crippen molar-refractivity contribution in [1.82, 2.24) is 10.0 Å². The number of alkyl halides is 3. The Hall–Kier alpha value is -3.07. The van der Waals surface area contributed by atoms with Gasteiger partial charge in [0.05, 0.1) is 13.2 Å². The van der Waals surface area contributed by atoms with Gasteiger partial charge in [-0.15, -0.1) is 0 Å². The second-order valence-electron chi connectivity index (χ2n) is 7.41. The molecule has 0 N–H and O–H groups in total. The number of carbonyl (C=O) groups excluding carboxylic acids is 1. The number of amides is 1. The first-order chi connectivity index (χ1) is 15.3. The van der Waals surface area contributed by atoms with Crippen LogP contribution in [0.25, 0.3) is 0 Å². The number of allylic oxidation sites excluding steroid dienone is 1. The van der Waals surface area contributed by atoms with Gasteiger partial charge in [0.2, 0.25) is 5.76 Å². The van der Waals surface area contributed by atoms with E-state index in [9.17, 15) is 18.0 Å². The molecule has 0 saturated heterocycles. The number of hydrogen-bond donors (Lipinski definition) is 0. The Balaban J connectivity index is 1.60. The lowest BCUT2D eigenvalue weighted by atomic mass is 10.1. The molecule has 3 rings (SSSR count). The molecular formula is C23H25F3N2O4. The molecule has 1 heterocycles. The van der Waals surface area contributed by atoms with E-state index in [1.807, 2.05) is 0 Å². The summed E-state index contributed by atoms with van der Waals surface area (Å²) in [5.41, 5.74) is 1.81. The van der Waals surface area contributed by atoms with Crippen molar-refractivity contribution < 1.29 is 32.3 Å². The Labute approximate surface area is 184 Å². The fraction of sp³-hybridized carbons (Fsp3) is 0.391. The van der Waals surface area contributed by atoms with Gasteiger partial charge in [0.15, 0.2) is 0 Å². The third-order valence-electron chi connectivity index (χ3n) is 4.70. The highest BCUT2D eigenvalue weighted by atomic mass is 19.4. The maximum atomic E-state index is 12.8. The largest absolute Gasteiger partial charge is 0.487 e. The highest BCUT2D eigenvalue weighted by molar-refractivity contribution is 5.91. The van der Waals surface area contributed by atoms with E-state index in [2.05, 4.69) is 9.72 Å². The quantitative estimate of drug-likeness (QED) is 0.381. The average molecular weight is 450 g/mol. The van der Waals surface area contributed by atoms with Gasteiger partial charge in [-0.3, -0.25) is 9.63 Å². The number of aromatic nitrogens is 1. The molecule has 0 aliphatic heterocycles. The van der Waals surface area contributed by atoms with Crippen LogP contribution >= 0.6 is 0 Å². The van der Waals surface area contributed by atoms with Crippen LogP contribution in [-0.2, 0) is 16.0 Å². The van der Waals surface area contributed by atoms with Crippen molar-refractivity contribution in [3.63, 3.8) is 0 Å². The number of benzene rings is 1. The van der Waals surface area contributed by atoms with Gasteiger partial charge in [-0.1, -0.05) is 18.2 Å². The molecule has 1 aromatic heterocycles. The smallest absolute Gasteiger partial charge is 0.452 e. The fourth-order valence-corrected chi connectivity index (χ4v) is 2.77. The minimum Gasteiger partial charge on any atom is -0.487 e. The molecule has 6 nitrogen and oxygen atoms in total. The number of halogens is 3. The maximum Gasteiger partial charge on any atom is 0.452 e. The molecule has 2 aromatic rings. The van der Waals surface area contributed by atoms with Gasteiger partial charge in [-0.05, 0) is 55.5 Å². The minimum atomic E-state index is -4.62. The molecule has 32 heavy (non-hydrogen) atoms. The molecule has 0 bridgehead atoms. The van der Waals surface area contributed by atoms with Gasteiger partial charge >= 0.3 is 6.18 Å². The van der Waals surface area contributed by atoms with Gasteiger partial charge in [0.25, 0.3) is 5.91 Å². The molecule has 172 valence electrons. The Bertz CT molecular complexity index is 941. The van der Waals surface area contributed by atoms with E-state index >= 15 is 0 Å². The molecule has 0 spiro atoms. The number of rotatable bonds is 10. The molecule has 1 amide bonds. The summed E-state index contributed by atoms with van der Waals surface area (Å²) in [6.45, 7) is 1.87. The summed E-state index contributed by atoms with van der Waals surface area (Å²) in [7, 11) is 1.57. The SMILES string of the molecule is CCO/C(=C\Oc1ccc(Cc2cccc(C(=O)N(C)OCC3CC3)n2)cc1)C(F)(F)F. The molecule has 1 aliphatic rings. The number of nitrogens with zero attached hydrogens (tertiary/aromatic N) is 2. The summed E-state index contributed by atoms with van der Waals surface area (Å²) >= 11 is 0. The van der Waals surface area contributed by atoms with Crippen LogP contribution in [0.3, 0.4) is 0 Å². The van der Waals surface area contributed by atoms with Crippen molar-refractivity contribution in [2.45, 2.75) is 32.4 Å². The molecule has 1 aromatic carbocycles. The molecule has 0 radical (unpaired) electrons. The van der Waals surface area contributed by atoms with Gasteiger partial charge in [0, 0.05) is 19.2 Å². The van der Waals surface area contributed by atoms with Crippen LogP contribution in [0, 0.1) is 5.92 Å². The summed E-state index contributed by atoms with van der Waals surface area (Å²) < 4.78 is 48.1. The molecule has 1 aliphatic carbocycles. The predicted octanol–water partition coefficient (Wildman–Crippen LogP) is 4.91. The number of hydrogen-bond acceptors (Lipinski definition) is 5. The zero-order valence-corrected chi connectivity index (χ0v) is 17.9. The van der Waals surface area contributed by atoms with Gasteiger partial charge in [-0.25, -0.2) is 10.0 Å². The standard InChI is InChI=1S/C23H25F3N2O4/c1-3-30-21(23(24,25)26)15-31-19-11-9-16(10-12-19)13-18-5-4-6-20(27-18)22(29)28(2)32-14-17-7-8-17/h4-6,9-12,15,17H,3,7-8,13-14H2,1-2H3/b21-15-. The second kappa shape index (κ2) is 10.5. The van der Waals surface area contributed by atoms with Crippen LogP contribution in [0.5, 0.6) is 5.75 Å². The first-order valence-corrected chi connectivity index (χ1v) is 10.3. The number of hydroxylamine groups is 2. The van der Waals surface area contributed by atoms with Crippen LogP contribution in [0.4, 0.5) is 13.2 Å². The highest BCUT2D eigenvalue weighted by Crippen LogP contribution is 2.29. The lowest BCUT2D eigenvalue weighted by Gasteiger charge is -2.16. The second-order valence-corrected chi connectivity index (χ2v) is 7.41. The monoisotopic (exact) mass is 450 g/mol. The lowest BCUT2D eigenvalue weighted by molar-refractivity contribution is -0.132. The van der Waals surface area contributed by atoms with Crippen molar-refractivity contribution in [3.8, 4) is 5.75 Å². The van der Waals surface area contributed by atoms with Crippen LogP contribution in [0.1, 0.15) is 41.5 Å². The molecule has 1 saturated carbocycles. The lowest BCUT2D eigenvalue weighted by Crippen LogP contribution is -2.28.